The molecule has 2 aromatic rings. The monoisotopic (exact) mass is 572 g/mol. The molecule has 2 fully saturated rings. The molecule has 2 aromatic carbocycles. The van der Waals surface area contributed by atoms with Crippen LogP contribution in [0, 0.1) is 18.8 Å². The number of anilines is 1. The van der Waals surface area contributed by atoms with E-state index >= 15 is 0 Å². The van der Waals surface area contributed by atoms with Crippen LogP contribution >= 0.6 is 0 Å². The number of carbonyl (C=O) groups is 2. The highest BCUT2D eigenvalue weighted by molar-refractivity contribution is 5.94. The summed E-state index contributed by atoms with van der Waals surface area (Å²) < 4.78 is 17.2. The molecule has 8 heteroatoms. The van der Waals surface area contributed by atoms with Gasteiger partial charge in [-0.25, -0.2) is 0 Å². The van der Waals surface area contributed by atoms with E-state index in [1.807, 2.05) is 43.3 Å². The molecule has 1 saturated heterocycles. The van der Waals surface area contributed by atoms with Crippen LogP contribution in [0.4, 0.5) is 5.69 Å². The Bertz CT molecular complexity index is 1410. The number of carboxylic acids is 1. The van der Waals surface area contributed by atoms with Gasteiger partial charge < -0.3 is 24.6 Å². The quantitative estimate of drug-likeness (QED) is 0.383. The van der Waals surface area contributed by atoms with E-state index in [4.69, 9.17) is 14.2 Å². The summed E-state index contributed by atoms with van der Waals surface area (Å²) in [6, 6.07) is 9.62. The van der Waals surface area contributed by atoms with Crippen molar-refractivity contribution in [1.29, 1.82) is 0 Å². The molecule has 0 bridgehead atoms. The van der Waals surface area contributed by atoms with Gasteiger partial charge >= 0.3 is 5.97 Å². The predicted molar refractivity (Wildman–Crippen MR) is 160 cm³/mol. The number of amides is 1. The molecule has 1 amide bonds. The third-order valence-corrected chi connectivity index (χ3v) is 9.07. The molecule has 0 radical (unpaired) electrons. The lowest BCUT2D eigenvalue weighted by atomic mass is 9.77. The second-order valence-corrected chi connectivity index (χ2v) is 11.8. The predicted octanol–water partition coefficient (Wildman–Crippen LogP) is 5.59. The van der Waals surface area contributed by atoms with Gasteiger partial charge in [0.25, 0.3) is 0 Å². The lowest BCUT2D eigenvalue weighted by Gasteiger charge is -2.33. The number of fused-ring (bicyclic) bond motifs is 1. The van der Waals surface area contributed by atoms with Crippen LogP contribution in [0.2, 0.25) is 0 Å². The fraction of sp³-hybridized carbons (Fsp3) is 0.471. The van der Waals surface area contributed by atoms with E-state index in [0.717, 1.165) is 59.4 Å². The number of benzene rings is 2. The van der Waals surface area contributed by atoms with Crippen molar-refractivity contribution in [1.82, 2.24) is 4.90 Å². The van der Waals surface area contributed by atoms with E-state index in [0.29, 0.717) is 30.6 Å². The SMILES string of the molecule is CCc1cccc(CC)c1NC(=O)CN1C[C@H](c2cc3c(cc2C)OCO3)[C@@H](C(=O)O)[C@@H]1C1C=CC(OC2CC2)=CC1. The number of rotatable bonds is 10. The summed E-state index contributed by atoms with van der Waals surface area (Å²) in [6.07, 6.45) is 10.9. The van der Waals surface area contributed by atoms with E-state index < -0.39 is 11.9 Å². The van der Waals surface area contributed by atoms with Gasteiger partial charge in [-0.3, -0.25) is 14.5 Å². The second-order valence-electron chi connectivity index (χ2n) is 11.8. The van der Waals surface area contributed by atoms with Crippen molar-refractivity contribution < 1.29 is 28.9 Å². The van der Waals surface area contributed by atoms with Crippen LogP contribution in [0.5, 0.6) is 11.5 Å². The maximum absolute atomic E-state index is 13.7. The molecule has 42 heavy (non-hydrogen) atoms. The Labute approximate surface area is 247 Å². The lowest BCUT2D eigenvalue weighted by molar-refractivity contribution is -0.143. The average molecular weight is 573 g/mol. The van der Waals surface area contributed by atoms with Gasteiger partial charge in [0.1, 0.15) is 5.76 Å². The van der Waals surface area contributed by atoms with Gasteiger partial charge in [-0.15, -0.1) is 0 Å². The van der Waals surface area contributed by atoms with Gasteiger partial charge in [-0.1, -0.05) is 38.1 Å². The molecule has 2 N–H and O–H groups in total. The largest absolute Gasteiger partial charge is 0.491 e. The zero-order valence-corrected chi connectivity index (χ0v) is 24.6. The number of likely N-dealkylation sites (tertiary alicyclic amines) is 1. The summed E-state index contributed by atoms with van der Waals surface area (Å²) in [5.74, 6) is 0.0957. The van der Waals surface area contributed by atoms with E-state index in [2.05, 4.69) is 36.2 Å². The van der Waals surface area contributed by atoms with Crippen LogP contribution < -0.4 is 14.8 Å². The number of nitrogens with one attached hydrogen (secondary N) is 1. The first-order chi connectivity index (χ1) is 20.4. The van der Waals surface area contributed by atoms with Gasteiger partial charge in [0.05, 0.1) is 18.6 Å². The van der Waals surface area contributed by atoms with Gasteiger partial charge in [0.2, 0.25) is 12.7 Å². The molecular weight excluding hydrogens is 532 g/mol. The van der Waals surface area contributed by atoms with Gasteiger partial charge in [-0.2, -0.15) is 0 Å². The van der Waals surface area contributed by atoms with Crippen LogP contribution in [-0.4, -0.2) is 53.9 Å². The maximum atomic E-state index is 13.7. The zero-order chi connectivity index (χ0) is 29.4. The summed E-state index contributed by atoms with van der Waals surface area (Å²) in [7, 11) is 0. The highest BCUT2D eigenvalue weighted by atomic mass is 16.7. The number of nitrogens with zero attached hydrogens (tertiary/aromatic N) is 1. The standard InChI is InChI=1S/C34H40N2O6/c1-4-21-7-6-8-22(5-2)32(21)35-30(37)18-36-17-27(26-16-29-28(15-20(26)3)40-19-41-29)31(34(38)39)33(36)23-9-11-24(12-10-23)42-25-13-14-25/h6-9,11-12,15-16,23,25,27,31,33H,4-5,10,13-14,17-19H2,1-3H3,(H,35,37)(H,38,39)/t23?,27-,31-,33+/m1/s1. The molecule has 2 aliphatic heterocycles. The van der Waals surface area contributed by atoms with Crippen LogP contribution in [0.1, 0.15) is 61.3 Å². The number of allylic oxidation sites excluding steroid dienone is 2. The molecule has 222 valence electrons. The van der Waals surface area contributed by atoms with Crippen molar-refractivity contribution in [2.75, 3.05) is 25.2 Å². The number of ether oxygens (including phenoxy) is 3. The minimum atomic E-state index is -0.855. The number of para-hydroxylation sites is 1. The maximum Gasteiger partial charge on any atom is 0.308 e. The molecular formula is C34H40N2O6. The third kappa shape index (κ3) is 5.64. The fourth-order valence-corrected chi connectivity index (χ4v) is 6.83. The third-order valence-electron chi connectivity index (χ3n) is 9.07. The molecule has 8 nitrogen and oxygen atoms in total. The van der Waals surface area contributed by atoms with E-state index in [1.165, 1.54) is 0 Å². The number of aryl methyl sites for hydroxylation is 3. The molecule has 0 aromatic heterocycles. The van der Waals surface area contributed by atoms with Gasteiger partial charge in [0, 0.05) is 24.2 Å². The highest BCUT2D eigenvalue weighted by Gasteiger charge is 2.50. The molecule has 2 aliphatic carbocycles. The lowest BCUT2D eigenvalue weighted by Crippen LogP contribution is -2.44. The Morgan fingerprint density at radius 1 is 1.10 bits per heavy atom. The number of carbonyl (C=O) groups excluding carboxylic acids is 1. The van der Waals surface area contributed by atoms with Crippen molar-refractivity contribution in [3.05, 3.63) is 76.6 Å². The highest BCUT2D eigenvalue weighted by Crippen LogP contribution is 2.46. The smallest absolute Gasteiger partial charge is 0.308 e. The van der Waals surface area contributed by atoms with Crippen molar-refractivity contribution >= 4 is 17.6 Å². The fourth-order valence-electron chi connectivity index (χ4n) is 6.83. The minimum Gasteiger partial charge on any atom is -0.491 e. The van der Waals surface area contributed by atoms with Crippen molar-refractivity contribution in [2.45, 2.75) is 70.9 Å². The van der Waals surface area contributed by atoms with Crippen molar-refractivity contribution in [2.24, 2.45) is 11.8 Å². The molecule has 1 unspecified atom stereocenters. The Balaban J connectivity index is 1.31. The van der Waals surface area contributed by atoms with Crippen LogP contribution in [0.25, 0.3) is 0 Å². The Hall–Kier alpha value is -3.78. The van der Waals surface area contributed by atoms with Crippen LogP contribution in [0.3, 0.4) is 0 Å². The number of hydrogen-bond donors (Lipinski definition) is 2. The first-order valence-corrected chi connectivity index (χ1v) is 15.2. The Morgan fingerprint density at radius 2 is 1.81 bits per heavy atom. The number of aliphatic carboxylic acids is 1. The summed E-state index contributed by atoms with van der Waals surface area (Å²) in [4.78, 5) is 28.8. The van der Waals surface area contributed by atoms with E-state index in [-0.39, 0.29) is 37.1 Å². The summed E-state index contributed by atoms with van der Waals surface area (Å²) in [6.45, 7) is 6.87. The van der Waals surface area contributed by atoms with Crippen LogP contribution in [-0.2, 0) is 27.2 Å². The normalized spacial score (nSPS) is 24.9. The van der Waals surface area contributed by atoms with Crippen LogP contribution in [0.15, 0.2) is 54.3 Å². The zero-order valence-electron chi connectivity index (χ0n) is 24.6. The van der Waals surface area contributed by atoms with Crippen molar-refractivity contribution in [3.63, 3.8) is 0 Å². The Kier molecular flexibility index (Phi) is 7.99. The van der Waals surface area contributed by atoms with E-state index in [1.54, 1.807) is 0 Å². The first-order valence-electron chi connectivity index (χ1n) is 15.2. The number of carboxylic acid groups (broad SMARTS) is 1. The first kappa shape index (κ1) is 28.3. The molecule has 4 aliphatic rings. The summed E-state index contributed by atoms with van der Waals surface area (Å²) in [5.41, 5.74) is 4.97. The van der Waals surface area contributed by atoms with E-state index in [9.17, 15) is 14.7 Å². The molecule has 2 heterocycles. The summed E-state index contributed by atoms with van der Waals surface area (Å²) in [5, 5.41) is 13.9. The molecule has 4 atom stereocenters. The van der Waals surface area contributed by atoms with Gasteiger partial charge in [-0.05, 0) is 91.5 Å². The van der Waals surface area contributed by atoms with Crippen molar-refractivity contribution in [3.8, 4) is 11.5 Å². The van der Waals surface area contributed by atoms with Gasteiger partial charge in [0.15, 0.2) is 11.5 Å². The molecule has 0 spiro atoms. The number of hydrogen-bond acceptors (Lipinski definition) is 6. The summed E-state index contributed by atoms with van der Waals surface area (Å²) >= 11 is 0. The second kappa shape index (κ2) is 11.8. The topological polar surface area (TPSA) is 97.3 Å². The molecule has 1 saturated carbocycles. The average Bonchev–Trinajstić information content (AvgIpc) is 3.54. The Morgan fingerprint density at radius 3 is 2.43 bits per heavy atom. The minimum absolute atomic E-state index is 0.0705. The molecule has 6 rings (SSSR count).